The second-order valence-electron chi connectivity index (χ2n) is 12.4. The van der Waals surface area contributed by atoms with Gasteiger partial charge in [-0.25, -0.2) is 29.8 Å². The predicted octanol–water partition coefficient (Wildman–Crippen LogP) is 12.3. The molecule has 6 aromatic carbocycles. The molecule has 0 saturated heterocycles. The van der Waals surface area contributed by atoms with E-state index in [-0.39, 0.29) is 0 Å². The van der Waals surface area contributed by atoms with Gasteiger partial charge in [0.25, 0.3) is 0 Å². The van der Waals surface area contributed by atoms with Crippen LogP contribution in [-0.4, -0.2) is 24.9 Å². The quantitative estimate of drug-likeness (QED) is 0.167. The van der Waals surface area contributed by atoms with E-state index in [0.717, 1.165) is 69.3 Å². The summed E-state index contributed by atoms with van der Waals surface area (Å²) < 4.78 is 4.50. The maximum absolute atomic E-state index is 7.60. The molecule has 0 unspecified atom stereocenters. The molecule has 0 bridgehead atoms. The van der Waals surface area contributed by atoms with Crippen molar-refractivity contribution in [1.29, 1.82) is 0 Å². The van der Waals surface area contributed by atoms with Gasteiger partial charge in [-0.1, -0.05) is 109 Å². The fourth-order valence-corrected chi connectivity index (χ4v) is 8.91. The third kappa shape index (κ3) is 5.19. The Hall–Kier alpha value is -6.66. The standard InChI is InChI=1S/C44H24N6S2/c1-45-31-16-10-15-28(23-31)38-40-39(33-17-8-9-18-35(33)52-40)47-43(46-38)29-20-22-36-34(24-29)32-21-19-30(25-37(32)51-36)44-49-41(26-11-4-2-5-12-26)48-42(50-44)27-13-6-3-7-14-27/h2-25H. The molecule has 242 valence electrons. The number of hydrogen-bond acceptors (Lipinski definition) is 7. The maximum Gasteiger partial charge on any atom is 0.187 e. The van der Waals surface area contributed by atoms with Crippen molar-refractivity contribution >= 4 is 68.8 Å². The summed E-state index contributed by atoms with van der Waals surface area (Å²) in [5, 5.41) is 3.40. The van der Waals surface area contributed by atoms with Crippen LogP contribution in [0.1, 0.15) is 0 Å². The molecule has 10 rings (SSSR count). The van der Waals surface area contributed by atoms with E-state index >= 15 is 0 Å². The van der Waals surface area contributed by atoms with Gasteiger partial charge in [-0.2, -0.15) is 0 Å². The largest absolute Gasteiger partial charge is 0.238 e. The van der Waals surface area contributed by atoms with E-state index < -0.39 is 0 Å². The summed E-state index contributed by atoms with van der Waals surface area (Å²) in [6.45, 7) is 7.60. The Morgan fingerprint density at radius 1 is 0.404 bits per heavy atom. The SMILES string of the molecule is [C-]#[N+]c1cccc(-c2nc(-c3ccc4sc5cc(-c6nc(-c7ccccc7)nc(-c7ccccc7)n6)ccc5c4c3)nc3c2sc2ccccc23)c1. The summed E-state index contributed by atoms with van der Waals surface area (Å²) in [6, 6.07) is 49.0. The Balaban J connectivity index is 1.11. The lowest BCUT2D eigenvalue weighted by Crippen LogP contribution is -1.99. The number of rotatable bonds is 5. The van der Waals surface area contributed by atoms with Gasteiger partial charge in [0.15, 0.2) is 29.0 Å². The third-order valence-electron chi connectivity index (χ3n) is 9.16. The molecule has 4 heterocycles. The molecule has 0 amide bonds. The molecule has 0 spiro atoms. The molecule has 8 heteroatoms. The van der Waals surface area contributed by atoms with Crippen molar-refractivity contribution in [2.24, 2.45) is 0 Å². The summed E-state index contributed by atoms with van der Waals surface area (Å²) >= 11 is 3.44. The molecular formula is C44H24N6S2. The minimum absolute atomic E-state index is 0.585. The lowest BCUT2D eigenvalue weighted by atomic mass is 10.1. The van der Waals surface area contributed by atoms with Crippen LogP contribution in [0.2, 0.25) is 0 Å². The van der Waals surface area contributed by atoms with E-state index in [1.807, 2.05) is 84.9 Å². The molecule has 0 N–H and O–H groups in total. The molecule has 0 saturated carbocycles. The molecule has 6 nitrogen and oxygen atoms in total. The Bertz CT molecular complexity index is 2980. The molecule has 0 aliphatic rings. The van der Waals surface area contributed by atoms with Gasteiger partial charge >= 0.3 is 0 Å². The minimum atomic E-state index is 0.585. The Kier molecular flexibility index (Phi) is 7.13. The van der Waals surface area contributed by atoms with Gasteiger partial charge < -0.3 is 0 Å². The van der Waals surface area contributed by atoms with Gasteiger partial charge in [0.05, 0.1) is 22.5 Å². The lowest BCUT2D eigenvalue weighted by Gasteiger charge is -2.08. The number of nitrogens with zero attached hydrogens (tertiary/aromatic N) is 6. The average Bonchev–Trinajstić information content (AvgIpc) is 3.78. The summed E-state index contributed by atoms with van der Waals surface area (Å²) in [5.41, 5.74) is 7.02. The second kappa shape index (κ2) is 12.3. The van der Waals surface area contributed by atoms with Crippen LogP contribution in [0.25, 0.3) is 102 Å². The highest BCUT2D eigenvalue weighted by atomic mass is 32.1. The number of hydrogen-bond donors (Lipinski definition) is 0. The zero-order valence-corrected chi connectivity index (χ0v) is 29.0. The third-order valence-corrected chi connectivity index (χ3v) is 11.5. The zero-order valence-electron chi connectivity index (χ0n) is 27.4. The van der Waals surface area contributed by atoms with Gasteiger partial charge in [-0.3, -0.25) is 0 Å². The van der Waals surface area contributed by atoms with Crippen LogP contribution in [0.4, 0.5) is 5.69 Å². The fraction of sp³-hybridized carbons (Fsp3) is 0. The monoisotopic (exact) mass is 700 g/mol. The van der Waals surface area contributed by atoms with Crippen molar-refractivity contribution in [3.63, 3.8) is 0 Å². The average molecular weight is 701 g/mol. The van der Waals surface area contributed by atoms with E-state index in [1.54, 1.807) is 22.7 Å². The van der Waals surface area contributed by atoms with Crippen LogP contribution >= 0.6 is 22.7 Å². The van der Waals surface area contributed by atoms with E-state index in [0.29, 0.717) is 29.0 Å². The summed E-state index contributed by atoms with van der Waals surface area (Å²) in [4.78, 5) is 28.8. The summed E-state index contributed by atoms with van der Waals surface area (Å²) in [6.07, 6.45) is 0. The Labute approximate surface area is 306 Å². The van der Waals surface area contributed by atoms with Crippen molar-refractivity contribution in [3.05, 3.63) is 157 Å². The van der Waals surface area contributed by atoms with Gasteiger partial charge in [-0.15, -0.1) is 22.7 Å². The maximum atomic E-state index is 7.60. The van der Waals surface area contributed by atoms with Crippen molar-refractivity contribution in [2.75, 3.05) is 0 Å². The molecule has 0 aliphatic carbocycles. The highest BCUT2D eigenvalue weighted by Crippen LogP contribution is 2.42. The number of fused-ring (bicyclic) bond motifs is 6. The van der Waals surface area contributed by atoms with E-state index in [9.17, 15) is 0 Å². The minimum Gasteiger partial charge on any atom is -0.238 e. The molecular weight excluding hydrogens is 677 g/mol. The van der Waals surface area contributed by atoms with E-state index in [1.165, 1.54) is 4.70 Å². The topological polar surface area (TPSA) is 68.8 Å². The van der Waals surface area contributed by atoms with Crippen molar-refractivity contribution < 1.29 is 0 Å². The van der Waals surface area contributed by atoms with Crippen LogP contribution < -0.4 is 0 Å². The van der Waals surface area contributed by atoms with Crippen LogP contribution in [0, 0.1) is 6.57 Å². The summed E-state index contributed by atoms with van der Waals surface area (Å²) in [7, 11) is 0. The molecule has 0 radical (unpaired) electrons. The van der Waals surface area contributed by atoms with Gasteiger partial charge in [0, 0.05) is 52.5 Å². The Morgan fingerprint density at radius 3 is 1.77 bits per heavy atom. The molecule has 0 fully saturated rings. The Morgan fingerprint density at radius 2 is 1.02 bits per heavy atom. The first-order chi connectivity index (χ1) is 25.7. The van der Waals surface area contributed by atoms with Crippen LogP contribution in [0.5, 0.6) is 0 Å². The molecule has 52 heavy (non-hydrogen) atoms. The first kappa shape index (κ1) is 30.2. The first-order valence-corrected chi connectivity index (χ1v) is 18.3. The van der Waals surface area contributed by atoms with Crippen LogP contribution in [-0.2, 0) is 0 Å². The zero-order chi connectivity index (χ0) is 34.6. The summed E-state index contributed by atoms with van der Waals surface area (Å²) in [5.74, 6) is 2.57. The lowest BCUT2D eigenvalue weighted by molar-refractivity contribution is 1.07. The highest BCUT2D eigenvalue weighted by Gasteiger charge is 2.18. The smallest absolute Gasteiger partial charge is 0.187 e. The molecule has 4 aromatic heterocycles. The molecule has 10 aromatic rings. The number of benzene rings is 6. The van der Waals surface area contributed by atoms with Crippen molar-refractivity contribution in [1.82, 2.24) is 24.9 Å². The second-order valence-corrected chi connectivity index (χ2v) is 14.5. The molecule has 0 aliphatic heterocycles. The fourth-order valence-electron chi connectivity index (χ4n) is 6.63. The number of thiophene rings is 2. The van der Waals surface area contributed by atoms with Crippen LogP contribution in [0.15, 0.2) is 146 Å². The predicted molar refractivity (Wildman–Crippen MR) is 215 cm³/mol. The first-order valence-electron chi connectivity index (χ1n) is 16.7. The highest BCUT2D eigenvalue weighted by molar-refractivity contribution is 7.26. The van der Waals surface area contributed by atoms with E-state index in [2.05, 4.69) is 65.5 Å². The van der Waals surface area contributed by atoms with Gasteiger partial charge in [0.1, 0.15) is 0 Å². The van der Waals surface area contributed by atoms with E-state index in [4.69, 9.17) is 31.5 Å². The number of aromatic nitrogens is 5. The van der Waals surface area contributed by atoms with Gasteiger partial charge in [-0.05, 0) is 42.0 Å². The van der Waals surface area contributed by atoms with Crippen LogP contribution in [0.3, 0.4) is 0 Å². The van der Waals surface area contributed by atoms with Gasteiger partial charge in [0.2, 0.25) is 0 Å². The van der Waals surface area contributed by atoms with Crippen molar-refractivity contribution in [2.45, 2.75) is 0 Å². The normalized spacial score (nSPS) is 11.4. The molecule has 0 atom stereocenters. The van der Waals surface area contributed by atoms with Crippen molar-refractivity contribution in [3.8, 4) is 56.8 Å².